The van der Waals surface area contributed by atoms with Crippen LogP contribution in [0.1, 0.15) is 29.9 Å². The van der Waals surface area contributed by atoms with Gasteiger partial charge in [0.2, 0.25) is 15.9 Å². The summed E-state index contributed by atoms with van der Waals surface area (Å²) >= 11 is 5.77. The number of piperidine rings is 1. The third-order valence-electron chi connectivity index (χ3n) is 5.69. The molecule has 0 radical (unpaired) electrons. The van der Waals surface area contributed by atoms with Crippen molar-refractivity contribution in [3.63, 3.8) is 0 Å². The van der Waals surface area contributed by atoms with Gasteiger partial charge in [0.25, 0.3) is 0 Å². The third kappa shape index (κ3) is 5.44. The molecule has 2 heterocycles. The molecule has 1 aromatic heterocycles. The van der Waals surface area contributed by atoms with Crippen LogP contribution in [0.3, 0.4) is 0 Å². The molecule has 11 heteroatoms. The van der Waals surface area contributed by atoms with Crippen LogP contribution in [-0.4, -0.2) is 36.9 Å². The Hall–Kier alpha value is -3.08. The van der Waals surface area contributed by atoms with Gasteiger partial charge in [0.1, 0.15) is 17.3 Å². The van der Waals surface area contributed by atoms with Gasteiger partial charge in [0.15, 0.2) is 10.7 Å². The molecule has 1 aliphatic rings. The Labute approximate surface area is 206 Å². The molecule has 2 aromatic carbocycles. The van der Waals surface area contributed by atoms with Gasteiger partial charge in [-0.25, -0.2) is 17.2 Å². The summed E-state index contributed by atoms with van der Waals surface area (Å²) in [5, 5.41) is 6.32. The van der Waals surface area contributed by atoms with Crippen LogP contribution in [0.25, 0.3) is 12.2 Å². The highest BCUT2D eigenvalue weighted by atomic mass is 35.5. The Balaban J connectivity index is 1.54. The number of nitrogens with zero attached hydrogens (tertiary/aromatic N) is 2. The topological polar surface area (TPSA) is 92.5 Å². The summed E-state index contributed by atoms with van der Waals surface area (Å²) in [6.07, 6.45) is 3.72. The molecule has 1 N–H and O–H groups in total. The van der Waals surface area contributed by atoms with Crippen molar-refractivity contribution in [3.8, 4) is 0 Å². The monoisotopic (exact) mass is 521 g/mol. The Morgan fingerprint density at radius 3 is 2.71 bits per heavy atom. The molecule has 1 unspecified atom stereocenters. The van der Waals surface area contributed by atoms with Crippen LogP contribution in [0.2, 0.25) is 5.02 Å². The SMILES string of the molecule is Cc1noc(/C=C/c2ccccc2F)c1S(=O)(=O)N1CCCC(C(=O)Nc2ccc(F)c(Cl)c2)C1. The molecule has 0 bridgehead atoms. The molecule has 184 valence electrons. The van der Waals surface area contributed by atoms with Gasteiger partial charge in [-0.1, -0.05) is 35.0 Å². The molecule has 0 saturated carbocycles. The van der Waals surface area contributed by atoms with Gasteiger partial charge in [-0.05, 0) is 56.2 Å². The zero-order valence-electron chi connectivity index (χ0n) is 18.7. The number of aryl methyl sites for hydroxylation is 1. The highest BCUT2D eigenvalue weighted by Gasteiger charge is 2.37. The van der Waals surface area contributed by atoms with E-state index in [1.807, 2.05) is 0 Å². The first kappa shape index (κ1) is 25.0. The lowest BCUT2D eigenvalue weighted by atomic mass is 9.99. The number of anilines is 1. The zero-order chi connectivity index (χ0) is 25.2. The van der Waals surface area contributed by atoms with Crippen molar-refractivity contribution in [3.05, 3.63) is 76.1 Å². The second-order valence-corrected chi connectivity index (χ2v) is 10.4. The molecule has 3 aromatic rings. The fraction of sp³-hybridized carbons (Fsp3) is 0.250. The van der Waals surface area contributed by atoms with Gasteiger partial charge in [-0.2, -0.15) is 4.31 Å². The summed E-state index contributed by atoms with van der Waals surface area (Å²) in [6, 6.07) is 9.86. The first-order chi connectivity index (χ1) is 16.7. The molecule has 4 rings (SSSR count). The van der Waals surface area contributed by atoms with E-state index in [1.165, 1.54) is 41.6 Å². The van der Waals surface area contributed by atoms with Crippen molar-refractivity contribution in [1.82, 2.24) is 9.46 Å². The quantitative estimate of drug-likeness (QED) is 0.486. The van der Waals surface area contributed by atoms with Gasteiger partial charge in [-0.15, -0.1) is 0 Å². The summed E-state index contributed by atoms with van der Waals surface area (Å²) in [5.41, 5.74) is 0.739. The van der Waals surface area contributed by atoms with Gasteiger partial charge in [0, 0.05) is 24.3 Å². The van der Waals surface area contributed by atoms with E-state index >= 15 is 0 Å². The van der Waals surface area contributed by atoms with E-state index in [0.717, 1.165) is 6.07 Å². The molecule has 7 nitrogen and oxygen atoms in total. The molecular weight excluding hydrogens is 500 g/mol. The lowest BCUT2D eigenvalue weighted by Gasteiger charge is -2.31. The Morgan fingerprint density at radius 1 is 1.20 bits per heavy atom. The average molecular weight is 522 g/mol. The minimum Gasteiger partial charge on any atom is -0.355 e. The lowest BCUT2D eigenvalue weighted by Crippen LogP contribution is -2.43. The first-order valence-corrected chi connectivity index (χ1v) is 12.6. The number of amides is 1. The highest BCUT2D eigenvalue weighted by Crippen LogP contribution is 2.30. The van der Waals surface area contributed by atoms with E-state index in [9.17, 15) is 22.0 Å². The van der Waals surface area contributed by atoms with Crippen molar-refractivity contribution in [2.24, 2.45) is 5.92 Å². The van der Waals surface area contributed by atoms with Crippen LogP contribution < -0.4 is 5.32 Å². The smallest absolute Gasteiger partial charge is 0.248 e. The molecule has 1 atom stereocenters. The molecule has 1 saturated heterocycles. The summed E-state index contributed by atoms with van der Waals surface area (Å²) in [6.45, 7) is 1.67. The third-order valence-corrected chi connectivity index (χ3v) is 8.01. The molecule has 35 heavy (non-hydrogen) atoms. The van der Waals surface area contributed by atoms with E-state index in [2.05, 4.69) is 10.5 Å². The van der Waals surface area contributed by atoms with E-state index in [0.29, 0.717) is 18.5 Å². The molecule has 0 aliphatic carbocycles. The average Bonchev–Trinajstić information content (AvgIpc) is 3.22. The molecule has 0 spiro atoms. The van der Waals surface area contributed by atoms with Crippen LogP contribution in [0.5, 0.6) is 0 Å². The normalized spacial score (nSPS) is 17.1. The van der Waals surface area contributed by atoms with Crippen molar-refractivity contribution in [2.45, 2.75) is 24.7 Å². The number of benzene rings is 2. The van der Waals surface area contributed by atoms with Gasteiger partial charge < -0.3 is 9.84 Å². The second kappa shape index (κ2) is 10.3. The van der Waals surface area contributed by atoms with Crippen molar-refractivity contribution in [2.75, 3.05) is 18.4 Å². The molecule has 1 fully saturated rings. The highest BCUT2D eigenvalue weighted by molar-refractivity contribution is 7.89. The Bertz CT molecular complexity index is 1390. The fourth-order valence-corrected chi connectivity index (χ4v) is 5.85. The summed E-state index contributed by atoms with van der Waals surface area (Å²) < 4.78 is 60.8. The van der Waals surface area contributed by atoms with E-state index in [-0.39, 0.29) is 40.0 Å². The number of rotatable bonds is 6. The minimum atomic E-state index is -4.06. The van der Waals surface area contributed by atoms with Crippen molar-refractivity contribution < 1.29 is 26.5 Å². The second-order valence-electron chi connectivity index (χ2n) is 8.14. The van der Waals surface area contributed by atoms with E-state index < -0.39 is 33.5 Å². The number of carbonyl (C=O) groups is 1. The zero-order valence-corrected chi connectivity index (χ0v) is 20.2. The largest absolute Gasteiger partial charge is 0.355 e. The van der Waals surface area contributed by atoms with Crippen LogP contribution in [0, 0.1) is 24.5 Å². The van der Waals surface area contributed by atoms with Crippen LogP contribution >= 0.6 is 11.6 Å². The number of carbonyl (C=O) groups excluding carboxylic acids is 1. The molecule has 1 aliphatic heterocycles. The maximum Gasteiger partial charge on any atom is 0.248 e. The van der Waals surface area contributed by atoms with Crippen LogP contribution in [-0.2, 0) is 14.8 Å². The number of nitrogens with one attached hydrogen (secondary N) is 1. The Kier molecular flexibility index (Phi) is 7.34. The van der Waals surface area contributed by atoms with Gasteiger partial charge in [-0.3, -0.25) is 4.79 Å². The van der Waals surface area contributed by atoms with Gasteiger partial charge >= 0.3 is 0 Å². The molecular formula is C24H22ClF2N3O4S. The van der Waals surface area contributed by atoms with Crippen LogP contribution in [0.4, 0.5) is 14.5 Å². The van der Waals surface area contributed by atoms with Crippen molar-refractivity contribution >= 4 is 45.4 Å². The summed E-state index contributed by atoms with van der Waals surface area (Å²) in [4.78, 5) is 12.7. The standard InChI is InChI=1S/C24H22ClF2N3O4S/c1-15-23(22(34-29-15)11-8-16-5-2-3-7-20(16)26)35(32,33)30-12-4-6-17(14-30)24(31)28-18-9-10-21(27)19(25)13-18/h2-3,5,7-11,13,17H,4,6,12,14H2,1H3,(H,28,31)/b11-8+. The van der Waals surface area contributed by atoms with Crippen LogP contribution in [0.15, 0.2) is 51.9 Å². The van der Waals surface area contributed by atoms with E-state index in [1.54, 1.807) is 18.2 Å². The number of hydrogen-bond donors (Lipinski definition) is 1. The maximum absolute atomic E-state index is 14.0. The first-order valence-electron chi connectivity index (χ1n) is 10.8. The predicted molar refractivity (Wildman–Crippen MR) is 128 cm³/mol. The number of hydrogen-bond acceptors (Lipinski definition) is 5. The fourth-order valence-electron chi connectivity index (χ4n) is 3.90. The number of halogens is 3. The maximum atomic E-state index is 14.0. The van der Waals surface area contributed by atoms with Crippen molar-refractivity contribution in [1.29, 1.82) is 0 Å². The molecule has 1 amide bonds. The van der Waals surface area contributed by atoms with Gasteiger partial charge in [0.05, 0.1) is 10.9 Å². The Morgan fingerprint density at radius 2 is 1.97 bits per heavy atom. The number of aromatic nitrogens is 1. The lowest BCUT2D eigenvalue weighted by molar-refractivity contribution is -0.120. The minimum absolute atomic E-state index is 0.0294. The number of sulfonamides is 1. The van der Waals surface area contributed by atoms with E-state index in [4.69, 9.17) is 16.1 Å². The summed E-state index contributed by atoms with van der Waals surface area (Å²) in [7, 11) is -4.06. The predicted octanol–water partition coefficient (Wildman–Crippen LogP) is 5.12. The summed E-state index contributed by atoms with van der Waals surface area (Å²) in [5.74, 6) is -2.12.